The van der Waals surface area contributed by atoms with Gasteiger partial charge >= 0.3 is 0 Å². The van der Waals surface area contributed by atoms with Crippen LogP contribution in [0.25, 0.3) is 11.4 Å². The highest BCUT2D eigenvalue weighted by Crippen LogP contribution is 2.20. The van der Waals surface area contributed by atoms with Crippen LogP contribution in [0.4, 0.5) is 4.39 Å². The summed E-state index contributed by atoms with van der Waals surface area (Å²) in [6.45, 7) is 4.76. The molecule has 2 heterocycles. The Morgan fingerprint density at radius 1 is 0.963 bits per heavy atom. The van der Waals surface area contributed by atoms with E-state index in [-0.39, 0.29) is 5.82 Å². The molecule has 0 unspecified atom stereocenters. The van der Waals surface area contributed by atoms with E-state index in [2.05, 4.69) is 19.9 Å². The van der Waals surface area contributed by atoms with Crippen LogP contribution in [0.3, 0.4) is 0 Å². The molecule has 5 nitrogen and oxygen atoms in total. The van der Waals surface area contributed by atoms with Crippen LogP contribution in [-0.4, -0.2) is 46.1 Å². The molecule has 4 rings (SSSR count). The van der Waals surface area contributed by atoms with Crippen LogP contribution in [0, 0.1) is 5.82 Å². The van der Waals surface area contributed by atoms with Gasteiger partial charge in [0.15, 0.2) is 0 Å². The molecule has 0 bridgehead atoms. The van der Waals surface area contributed by atoms with E-state index in [9.17, 15) is 4.39 Å². The fourth-order valence-electron chi connectivity index (χ4n) is 3.23. The molecule has 27 heavy (non-hydrogen) atoms. The average molecular weight is 387 g/mol. The van der Waals surface area contributed by atoms with Crippen LogP contribution >= 0.6 is 11.6 Å². The summed E-state index contributed by atoms with van der Waals surface area (Å²) in [4.78, 5) is 9.01. The SMILES string of the molecule is Fc1ccccc1CN1CCN(Cc2nc(-c3cccc(Cl)c3)no2)CC1. The van der Waals surface area contributed by atoms with Crippen molar-refractivity contribution in [2.75, 3.05) is 26.2 Å². The van der Waals surface area contributed by atoms with Gasteiger partial charge in [-0.2, -0.15) is 4.98 Å². The highest BCUT2D eigenvalue weighted by molar-refractivity contribution is 6.30. The van der Waals surface area contributed by atoms with Gasteiger partial charge in [0, 0.05) is 48.9 Å². The fourth-order valence-corrected chi connectivity index (χ4v) is 3.42. The van der Waals surface area contributed by atoms with Crippen molar-refractivity contribution in [3.63, 3.8) is 0 Å². The lowest BCUT2D eigenvalue weighted by Crippen LogP contribution is -2.45. The molecule has 2 aromatic carbocycles. The second kappa shape index (κ2) is 8.17. The summed E-state index contributed by atoms with van der Waals surface area (Å²) in [6.07, 6.45) is 0. The Morgan fingerprint density at radius 2 is 1.70 bits per heavy atom. The number of halogens is 2. The minimum absolute atomic E-state index is 0.140. The first-order valence-corrected chi connectivity index (χ1v) is 9.32. The number of hydrogen-bond donors (Lipinski definition) is 0. The molecule has 0 aliphatic carbocycles. The normalized spacial score (nSPS) is 15.9. The van der Waals surface area contributed by atoms with E-state index < -0.39 is 0 Å². The van der Waals surface area contributed by atoms with Crippen LogP contribution < -0.4 is 0 Å². The van der Waals surface area contributed by atoms with Crippen molar-refractivity contribution < 1.29 is 8.91 Å². The van der Waals surface area contributed by atoms with Crippen molar-refractivity contribution in [3.8, 4) is 11.4 Å². The van der Waals surface area contributed by atoms with E-state index in [0.29, 0.717) is 29.8 Å². The average Bonchev–Trinajstić information content (AvgIpc) is 3.14. The summed E-state index contributed by atoms with van der Waals surface area (Å²) >= 11 is 6.02. The maximum absolute atomic E-state index is 13.8. The molecule has 1 saturated heterocycles. The van der Waals surface area contributed by atoms with Gasteiger partial charge in [0.05, 0.1) is 6.54 Å². The van der Waals surface area contributed by atoms with Crippen molar-refractivity contribution in [1.82, 2.24) is 19.9 Å². The predicted octanol–water partition coefficient (Wildman–Crippen LogP) is 3.85. The van der Waals surface area contributed by atoms with E-state index in [0.717, 1.165) is 37.3 Å². The molecule has 0 amide bonds. The molecule has 1 aromatic heterocycles. The molecule has 0 saturated carbocycles. The van der Waals surface area contributed by atoms with Crippen LogP contribution in [-0.2, 0) is 13.1 Å². The number of rotatable bonds is 5. The van der Waals surface area contributed by atoms with Crippen molar-refractivity contribution in [2.24, 2.45) is 0 Å². The zero-order valence-electron chi connectivity index (χ0n) is 14.8. The van der Waals surface area contributed by atoms with Crippen molar-refractivity contribution in [3.05, 3.63) is 70.8 Å². The number of benzene rings is 2. The Bertz CT molecular complexity index is 908. The van der Waals surface area contributed by atoms with Crippen molar-refractivity contribution >= 4 is 11.6 Å². The Labute approximate surface area is 162 Å². The van der Waals surface area contributed by atoms with E-state index in [4.69, 9.17) is 16.1 Å². The van der Waals surface area contributed by atoms with Crippen molar-refractivity contribution in [1.29, 1.82) is 0 Å². The number of nitrogens with zero attached hydrogens (tertiary/aromatic N) is 4. The molecule has 140 valence electrons. The summed E-state index contributed by atoms with van der Waals surface area (Å²) in [5, 5.41) is 4.69. The third-order valence-corrected chi connectivity index (χ3v) is 4.96. The smallest absolute Gasteiger partial charge is 0.241 e. The minimum Gasteiger partial charge on any atom is -0.338 e. The Hall–Kier alpha value is -2.28. The first-order chi connectivity index (χ1) is 13.2. The molecular formula is C20H20ClFN4O. The maximum atomic E-state index is 13.8. The van der Waals surface area contributed by atoms with Crippen LogP contribution in [0.15, 0.2) is 53.1 Å². The largest absolute Gasteiger partial charge is 0.338 e. The molecule has 1 aliphatic rings. The van der Waals surface area contributed by atoms with Gasteiger partial charge < -0.3 is 4.52 Å². The quantitative estimate of drug-likeness (QED) is 0.666. The summed E-state index contributed by atoms with van der Waals surface area (Å²) in [5.74, 6) is 0.998. The summed E-state index contributed by atoms with van der Waals surface area (Å²) < 4.78 is 19.2. The standard InChI is InChI=1S/C20H20ClFN4O/c21-17-6-3-5-15(12-17)20-23-19(27-24-20)14-26-10-8-25(9-11-26)13-16-4-1-2-7-18(16)22/h1-7,12H,8-11,13-14H2. The lowest BCUT2D eigenvalue weighted by Gasteiger charge is -2.33. The summed E-state index contributed by atoms with van der Waals surface area (Å²) in [7, 11) is 0. The van der Waals surface area contributed by atoms with Gasteiger partial charge in [-0.05, 0) is 18.2 Å². The second-order valence-electron chi connectivity index (χ2n) is 6.67. The van der Waals surface area contributed by atoms with Gasteiger partial charge in [-0.25, -0.2) is 4.39 Å². The fraction of sp³-hybridized carbons (Fsp3) is 0.300. The molecular weight excluding hydrogens is 367 g/mol. The summed E-state index contributed by atoms with van der Waals surface area (Å²) in [5.41, 5.74) is 1.58. The third-order valence-electron chi connectivity index (χ3n) is 4.73. The van der Waals surface area contributed by atoms with E-state index in [1.807, 2.05) is 36.4 Å². The van der Waals surface area contributed by atoms with Crippen LogP contribution in [0.2, 0.25) is 5.02 Å². The predicted molar refractivity (Wildman–Crippen MR) is 102 cm³/mol. The first kappa shape index (κ1) is 18.1. The topological polar surface area (TPSA) is 45.4 Å². The molecule has 0 atom stereocenters. The lowest BCUT2D eigenvalue weighted by molar-refractivity contribution is 0.111. The van der Waals surface area contributed by atoms with Gasteiger partial charge in [-0.3, -0.25) is 9.80 Å². The number of aromatic nitrogens is 2. The van der Waals surface area contributed by atoms with E-state index in [1.54, 1.807) is 6.07 Å². The highest BCUT2D eigenvalue weighted by Gasteiger charge is 2.20. The minimum atomic E-state index is -0.140. The highest BCUT2D eigenvalue weighted by atomic mass is 35.5. The third kappa shape index (κ3) is 4.53. The Balaban J connectivity index is 1.31. The molecule has 0 radical (unpaired) electrons. The van der Waals surface area contributed by atoms with Gasteiger partial charge in [0.25, 0.3) is 0 Å². The molecule has 0 N–H and O–H groups in total. The van der Waals surface area contributed by atoms with E-state index in [1.165, 1.54) is 6.07 Å². The zero-order chi connectivity index (χ0) is 18.6. The van der Waals surface area contributed by atoms with Gasteiger partial charge in [-0.15, -0.1) is 0 Å². The van der Waals surface area contributed by atoms with Gasteiger partial charge in [0.1, 0.15) is 5.82 Å². The maximum Gasteiger partial charge on any atom is 0.241 e. The number of piperazine rings is 1. The molecule has 7 heteroatoms. The number of hydrogen-bond acceptors (Lipinski definition) is 5. The van der Waals surface area contributed by atoms with E-state index >= 15 is 0 Å². The lowest BCUT2D eigenvalue weighted by atomic mass is 10.2. The molecule has 0 spiro atoms. The second-order valence-corrected chi connectivity index (χ2v) is 7.10. The molecule has 1 fully saturated rings. The summed E-state index contributed by atoms with van der Waals surface area (Å²) in [6, 6.07) is 14.4. The Morgan fingerprint density at radius 3 is 2.44 bits per heavy atom. The molecule has 3 aromatic rings. The zero-order valence-corrected chi connectivity index (χ0v) is 15.6. The monoisotopic (exact) mass is 386 g/mol. The van der Waals surface area contributed by atoms with Crippen LogP contribution in [0.1, 0.15) is 11.5 Å². The Kier molecular flexibility index (Phi) is 5.48. The van der Waals surface area contributed by atoms with Crippen LogP contribution in [0.5, 0.6) is 0 Å². The van der Waals surface area contributed by atoms with Gasteiger partial charge in [-0.1, -0.05) is 47.1 Å². The van der Waals surface area contributed by atoms with Gasteiger partial charge in [0.2, 0.25) is 11.7 Å². The van der Waals surface area contributed by atoms with Crippen molar-refractivity contribution in [2.45, 2.75) is 13.1 Å². The molecule has 1 aliphatic heterocycles. The first-order valence-electron chi connectivity index (χ1n) is 8.94.